The molecule has 6 N–H and O–H groups in total. The van der Waals surface area contributed by atoms with E-state index in [1.165, 1.54) is 167 Å². The molecule has 0 aromatic heterocycles. The van der Waals surface area contributed by atoms with Gasteiger partial charge in [0.25, 0.3) is 0 Å². The number of hydrogen-bond donors (Lipinski definition) is 6. The van der Waals surface area contributed by atoms with Crippen LogP contribution in [0.4, 0.5) is 0 Å². The zero-order valence-corrected chi connectivity index (χ0v) is 46.9. The zero-order valence-electron chi connectivity index (χ0n) is 46.9. The molecule has 0 aromatic rings. The van der Waals surface area contributed by atoms with Gasteiger partial charge < -0.3 is 40.3 Å². The summed E-state index contributed by atoms with van der Waals surface area (Å²) in [6.45, 7) is 3.66. The molecule has 9 nitrogen and oxygen atoms in total. The molecule has 1 rings (SSSR count). The first-order chi connectivity index (χ1) is 35.8. The molecule has 1 saturated heterocycles. The fraction of sp³-hybridized carbons (Fsp3) is 0.766. The summed E-state index contributed by atoms with van der Waals surface area (Å²) in [7, 11) is 0. The van der Waals surface area contributed by atoms with Gasteiger partial charge >= 0.3 is 0 Å². The van der Waals surface area contributed by atoms with Gasteiger partial charge in [0.1, 0.15) is 24.4 Å². The van der Waals surface area contributed by atoms with Gasteiger partial charge in [-0.25, -0.2) is 0 Å². The molecule has 73 heavy (non-hydrogen) atoms. The van der Waals surface area contributed by atoms with Crippen LogP contribution in [0.25, 0.3) is 0 Å². The Hall–Kier alpha value is -2.63. The molecule has 1 fully saturated rings. The Morgan fingerprint density at radius 3 is 1.32 bits per heavy atom. The molecule has 0 radical (unpaired) electrons. The third-order valence-corrected chi connectivity index (χ3v) is 13.9. The van der Waals surface area contributed by atoms with Crippen molar-refractivity contribution in [1.82, 2.24) is 5.32 Å². The van der Waals surface area contributed by atoms with Crippen molar-refractivity contribution in [3.8, 4) is 0 Å². The third kappa shape index (κ3) is 42.2. The number of hydrogen-bond acceptors (Lipinski definition) is 8. The molecule has 0 saturated carbocycles. The number of carbonyl (C=O) groups is 1. The molecule has 1 heterocycles. The van der Waals surface area contributed by atoms with Gasteiger partial charge in [-0.3, -0.25) is 4.79 Å². The van der Waals surface area contributed by atoms with Crippen molar-refractivity contribution in [3.05, 3.63) is 85.1 Å². The lowest BCUT2D eigenvalue weighted by atomic mass is 9.99. The number of rotatable bonds is 51. The van der Waals surface area contributed by atoms with E-state index in [0.717, 1.165) is 70.6 Å². The van der Waals surface area contributed by atoms with Crippen LogP contribution in [-0.4, -0.2) is 87.5 Å². The van der Waals surface area contributed by atoms with Crippen LogP contribution >= 0.6 is 0 Å². The van der Waals surface area contributed by atoms with Crippen molar-refractivity contribution in [2.45, 2.75) is 301 Å². The normalized spacial score (nSPS) is 19.7. The molecule has 0 aliphatic carbocycles. The van der Waals surface area contributed by atoms with Crippen LogP contribution in [0.15, 0.2) is 85.1 Å². The summed E-state index contributed by atoms with van der Waals surface area (Å²) >= 11 is 0. The Morgan fingerprint density at radius 2 is 0.863 bits per heavy atom. The van der Waals surface area contributed by atoms with Gasteiger partial charge in [0.2, 0.25) is 5.91 Å². The molecule has 0 aromatic carbocycles. The molecule has 1 amide bonds. The number of carbonyl (C=O) groups excluding carboxylic acids is 1. The Kier molecular flexibility index (Phi) is 49.5. The zero-order chi connectivity index (χ0) is 52.9. The minimum absolute atomic E-state index is 0.193. The van der Waals surface area contributed by atoms with Crippen molar-refractivity contribution in [2.75, 3.05) is 13.2 Å². The average Bonchev–Trinajstić information content (AvgIpc) is 3.39. The second-order valence-corrected chi connectivity index (χ2v) is 20.7. The van der Waals surface area contributed by atoms with Crippen LogP contribution in [0.1, 0.15) is 258 Å². The Balaban J connectivity index is 2.24. The standard InChI is InChI=1S/C64H113NO8/c1-3-5-7-9-11-13-15-17-19-21-23-25-27-28-29-30-32-34-36-38-40-42-44-46-48-50-52-54-60(68)65-57(56-72-64-63(71)62(70)61(69)59(55-66)73-64)58(67)53-51-49-47-45-43-41-39-37-35-33-31-26-24-22-20-18-16-14-12-10-8-6-4-2/h5,7,11,13,17,19,23,25,35,37,43,45,51,53,57-59,61-64,66-67,69-71H,3-4,6,8-10,12,14-16,18,20-22,24,26-34,36,38-42,44,46-50,52,54-56H2,1-2H3,(H,65,68)/b7-5-,13-11-,19-17-,25-23-,37-35+,45-43+,53-51+. The maximum atomic E-state index is 13.1. The van der Waals surface area contributed by atoms with Gasteiger partial charge in [-0.2, -0.15) is 0 Å². The molecule has 422 valence electrons. The topological polar surface area (TPSA) is 149 Å². The van der Waals surface area contributed by atoms with E-state index in [9.17, 15) is 30.3 Å². The smallest absolute Gasteiger partial charge is 0.220 e. The first-order valence-corrected chi connectivity index (χ1v) is 30.3. The molecule has 1 aliphatic rings. The van der Waals surface area contributed by atoms with Crippen molar-refractivity contribution < 1.29 is 39.8 Å². The van der Waals surface area contributed by atoms with Gasteiger partial charge in [-0.05, 0) is 83.5 Å². The van der Waals surface area contributed by atoms with E-state index in [1.54, 1.807) is 6.08 Å². The summed E-state index contributed by atoms with van der Waals surface area (Å²) < 4.78 is 11.3. The molecule has 7 unspecified atom stereocenters. The lowest BCUT2D eigenvalue weighted by molar-refractivity contribution is -0.302. The molecule has 0 spiro atoms. The highest BCUT2D eigenvalue weighted by atomic mass is 16.7. The monoisotopic (exact) mass is 1020 g/mol. The maximum Gasteiger partial charge on any atom is 0.220 e. The van der Waals surface area contributed by atoms with Crippen LogP contribution in [0.5, 0.6) is 0 Å². The van der Waals surface area contributed by atoms with Crippen LogP contribution < -0.4 is 5.32 Å². The van der Waals surface area contributed by atoms with E-state index >= 15 is 0 Å². The summed E-state index contributed by atoms with van der Waals surface area (Å²) in [6.07, 6.45) is 68.0. The predicted molar refractivity (Wildman–Crippen MR) is 308 cm³/mol. The Labute approximate surface area is 448 Å². The summed E-state index contributed by atoms with van der Waals surface area (Å²) in [5.74, 6) is -0.193. The second-order valence-electron chi connectivity index (χ2n) is 20.7. The summed E-state index contributed by atoms with van der Waals surface area (Å²) in [6, 6.07) is -0.834. The van der Waals surface area contributed by atoms with E-state index < -0.39 is 49.5 Å². The van der Waals surface area contributed by atoms with Gasteiger partial charge in [0, 0.05) is 6.42 Å². The van der Waals surface area contributed by atoms with Crippen LogP contribution in [0, 0.1) is 0 Å². The summed E-state index contributed by atoms with van der Waals surface area (Å²) in [5.41, 5.74) is 0. The minimum atomic E-state index is -1.58. The van der Waals surface area contributed by atoms with E-state index in [0.29, 0.717) is 6.42 Å². The van der Waals surface area contributed by atoms with Crippen LogP contribution in [0.3, 0.4) is 0 Å². The second kappa shape index (κ2) is 52.8. The molecule has 1 aliphatic heterocycles. The molecule has 9 heteroatoms. The van der Waals surface area contributed by atoms with Crippen LogP contribution in [-0.2, 0) is 14.3 Å². The summed E-state index contributed by atoms with van der Waals surface area (Å²) in [4.78, 5) is 13.1. The number of allylic oxidation sites excluding steroid dienone is 13. The largest absolute Gasteiger partial charge is 0.394 e. The number of ether oxygens (including phenoxy) is 2. The predicted octanol–water partition coefficient (Wildman–Crippen LogP) is 15.4. The van der Waals surface area contributed by atoms with Crippen molar-refractivity contribution in [2.24, 2.45) is 0 Å². The highest BCUT2D eigenvalue weighted by Crippen LogP contribution is 2.23. The number of unbranched alkanes of at least 4 members (excludes halogenated alkanes) is 29. The van der Waals surface area contributed by atoms with E-state index in [4.69, 9.17) is 9.47 Å². The van der Waals surface area contributed by atoms with Crippen molar-refractivity contribution in [1.29, 1.82) is 0 Å². The van der Waals surface area contributed by atoms with Gasteiger partial charge in [-0.15, -0.1) is 0 Å². The fourth-order valence-corrected chi connectivity index (χ4v) is 9.18. The first-order valence-electron chi connectivity index (χ1n) is 30.3. The van der Waals surface area contributed by atoms with E-state index in [1.807, 2.05) is 6.08 Å². The highest BCUT2D eigenvalue weighted by Gasteiger charge is 2.44. The van der Waals surface area contributed by atoms with Gasteiger partial charge in [0.15, 0.2) is 6.29 Å². The van der Waals surface area contributed by atoms with E-state index in [2.05, 4.69) is 92.1 Å². The van der Waals surface area contributed by atoms with Crippen molar-refractivity contribution >= 4 is 5.91 Å². The first kappa shape index (κ1) is 68.4. The number of aliphatic hydroxyl groups excluding tert-OH is 5. The molecular formula is C64H113NO8. The number of nitrogens with one attached hydrogen (secondary N) is 1. The summed E-state index contributed by atoms with van der Waals surface area (Å²) in [5, 5.41) is 54.6. The third-order valence-electron chi connectivity index (χ3n) is 13.9. The molecule has 0 bridgehead atoms. The Bertz CT molecular complexity index is 1420. The fourth-order valence-electron chi connectivity index (χ4n) is 9.18. The highest BCUT2D eigenvalue weighted by molar-refractivity contribution is 5.76. The number of aliphatic hydroxyl groups is 5. The lowest BCUT2D eigenvalue weighted by Crippen LogP contribution is -2.60. The van der Waals surface area contributed by atoms with Gasteiger partial charge in [0.05, 0.1) is 25.4 Å². The van der Waals surface area contributed by atoms with Crippen LogP contribution in [0.2, 0.25) is 0 Å². The van der Waals surface area contributed by atoms with Gasteiger partial charge in [-0.1, -0.05) is 253 Å². The van der Waals surface area contributed by atoms with Crippen molar-refractivity contribution in [3.63, 3.8) is 0 Å². The molecular weight excluding hydrogens is 911 g/mol. The van der Waals surface area contributed by atoms with E-state index in [-0.39, 0.29) is 12.5 Å². The average molecular weight is 1020 g/mol. The maximum absolute atomic E-state index is 13.1. The number of amides is 1. The Morgan fingerprint density at radius 1 is 0.479 bits per heavy atom. The quantitative estimate of drug-likeness (QED) is 0.0261. The SMILES string of the molecule is CC/C=C\C/C=C\C/C=C\C/C=C\CCCCCCCCCCCCCCCCC(=O)NC(COC1OC(CO)C(O)C(O)C1O)C(O)/C=C/CC/C=C/CC/C=C/CCCCCCCCCCCCCCC. The molecule has 7 atom stereocenters. The lowest BCUT2D eigenvalue weighted by Gasteiger charge is -2.40. The minimum Gasteiger partial charge on any atom is -0.394 e.